The Hall–Kier alpha value is -1.35. The van der Waals surface area contributed by atoms with Gasteiger partial charge in [0.1, 0.15) is 0 Å². The van der Waals surface area contributed by atoms with Crippen molar-refractivity contribution < 1.29 is 9.53 Å². The molecule has 0 aliphatic carbocycles. The molecule has 2 fully saturated rings. The Morgan fingerprint density at radius 3 is 2.88 bits per heavy atom. The van der Waals surface area contributed by atoms with Gasteiger partial charge in [-0.05, 0) is 18.9 Å². The molecule has 1 aromatic rings. The van der Waals surface area contributed by atoms with E-state index in [9.17, 15) is 4.79 Å². The van der Waals surface area contributed by atoms with Gasteiger partial charge in [-0.15, -0.1) is 0 Å². The van der Waals surface area contributed by atoms with Crippen LogP contribution < -0.4 is 0 Å². The average Bonchev–Trinajstić information content (AvgIpc) is 3.10. The van der Waals surface area contributed by atoms with Crippen LogP contribution in [-0.2, 0) is 9.53 Å². The number of hydrogen-bond donors (Lipinski definition) is 0. The number of fused-ring (bicyclic) bond motifs is 1. The van der Waals surface area contributed by atoms with Crippen LogP contribution in [0.4, 0.5) is 0 Å². The summed E-state index contributed by atoms with van der Waals surface area (Å²) in [5.41, 5.74) is 1.19. The lowest BCUT2D eigenvalue weighted by Crippen LogP contribution is -2.41. The van der Waals surface area contributed by atoms with Crippen molar-refractivity contribution in [2.45, 2.75) is 31.6 Å². The topological polar surface area (TPSA) is 32.8 Å². The second kappa shape index (κ2) is 3.59. The van der Waals surface area contributed by atoms with E-state index < -0.39 is 0 Å². The molecule has 0 radical (unpaired) electrons. The van der Waals surface area contributed by atoms with Crippen LogP contribution in [0.5, 0.6) is 0 Å². The number of carbonyl (C=O) groups excluding carboxylic acids is 1. The maximum Gasteiger partial charge on any atom is 0.254 e. The minimum Gasteiger partial charge on any atom is -0.359 e. The molecule has 3 rings (SSSR count). The van der Waals surface area contributed by atoms with Crippen LogP contribution in [0.3, 0.4) is 0 Å². The summed E-state index contributed by atoms with van der Waals surface area (Å²) in [4.78, 5) is 13.9. The second-order valence-corrected chi connectivity index (χ2v) is 4.50. The summed E-state index contributed by atoms with van der Waals surface area (Å²) in [6.45, 7) is 2.89. The van der Waals surface area contributed by atoms with E-state index in [1.807, 2.05) is 23.1 Å². The Bertz CT molecular complexity index is 404. The van der Waals surface area contributed by atoms with E-state index in [2.05, 4.69) is 19.1 Å². The maximum absolute atomic E-state index is 12.0. The van der Waals surface area contributed by atoms with Crippen molar-refractivity contribution in [3.63, 3.8) is 0 Å². The third-order valence-corrected chi connectivity index (χ3v) is 3.51. The van der Waals surface area contributed by atoms with Gasteiger partial charge in [-0.2, -0.15) is 0 Å². The van der Waals surface area contributed by atoms with Gasteiger partial charge >= 0.3 is 0 Å². The summed E-state index contributed by atoms with van der Waals surface area (Å²) in [6, 6.07) is 10.3. The van der Waals surface area contributed by atoms with Gasteiger partial charge in [-0.3, -0.25) is 4.79 Å². The van der Waals surface area contributed by atoms with E-state index >= 15 is 0 Å². The molecule has 0 aromatic heterocycles. The number of likely N-dealkylation sites (tertiary alicyclic amines) is 1. The van der Waals surface area contributed by atoms with E-state index in [0.717, 1.165) is 13.0 Å². The molecule has 2 aliphatic heterocycles. The third-order valence-electron chi connectivity index (χ3n) is 3.51. The number of ether oxygens (including phenoxy) is 1. The second-order valence-electron chi connectivity index (χ2n) is 4.50. The molecular formula is C13H15NO2. The first kappa shape index (κ1) is 9.85. The van der Waals surface area contributed by atoms with Crippen molar-refractivity contribution in [3.8, 4) is 0 Å². The fraction of sp³-hybridized carbons (Fsp3) is 0.462. The minimum absolute atomic E-state index is 0.139. The summed E-state index contributed by atoms with van der Waals surface area (Å²) in [6.07, 6.45) is 1.06. The number of piperidine rings is 1. The summed E-state index contributed by atoms with van der Waals surface area (Å²) >= 11 is 0. The summed E-state index contributed by atoms with van der Waals surface area (Å²) < 4.78 is 5.32. The Balaban J connectivity index is 1.79. The molecule has 2 saturated heterocycles. The molecule has 0 N–H and O–H groups in total. The maximum atomic E-state index is 12.0. The van der Waals surface area contributed by atoms with Gasteiger partial charge in [0.25, 0.3) is 5.91 Å². The van der Waals surface area contributed by atoms with Gasteiger partial charge in [0.15, 0.2) is 6.10 Å². The zero-order chi connectivity index (χ0) is 11.1. The van der Waals surface area contributed by atoms with Crippen molar-refractivity contribution in [1.82, 2.24) is 4.90 Å². The van der Waals surface area contributed by atoms with Crippen LogP contribution in [0.25, 0.3) is 0 Å². The number of rotatable bonds is 2. The molecule has 84 valence electrons. The lowest BCUT2D eigenvalue weighted by Gasteiger charge is -2.31. The fourth-order valence-corrected chi connectivity index (χ4v) is 2.42. The number of hydrogen-bond acceptors (Lipinski definition) is 2. The monoisotopic (exact) mass is 217 g/mol. The van der Waals surface area contributed by atoms with Crippen LogP contribution in [-0.4, -0.2) is 29.6 Å². The SMILES string of the molecule is C[C@@H](c1ccccc1)N1CCC2OC2C1=O. The van der Waals surface area contributed by atoms with E-state index in [1.165, 1.54) is 5.56 Å². The number of benzene rings is 1. The predicted octanol–water partition coefficient (Wildman–Crippen LogP) is 1.75. The van der Waals surface area contributed by atoms with Crippen molar-refractivity contribution >= 4 is 5.91 Å². The molecule has 16 heavy (non-hydrogen) atoms. The first-order valence-corrected chi connectivity index (χ1v) is 5.78. The van der Waals surface area contributed by atoms with Crippen LogP contribution in [0.2, 0.25) is 0 Å². The zero-order valence-corrected chi connectivity index (χ0v) is 9.30. The highest BCUT2D eigenvalue weighted by Crippen LogP contribution is 2.35. The molecule has 1 aromatic carbocycles. The standard InChI is InChI=1S/C13H15NO2/c1-9(10-5-3-2-4-6-10)14-8-7-11-12(16-11)13(14)15/h2-6,9,11-12H,7-8H2,1H3/t9-,11?,12?/m0/s1. The van der Waals surface area contributed by atoms with E-state index in [1.54, 1.807) is 0 Å². The summed E-state index contributed by atoms with van der Waals surface area (Å²) in [5, 5.41) is 0. The average molecular weight is 217 g/mol. The number of carbonyl (C=O) groups is 1. The van der Waals surface area contributed by atoms with Crippen molar-refractivity contribution in [2.75, 3.05) is 6.54 Å². The summed E-state index contributed by atoms with van der Waals surface area (Å²) in [5.74, 6) is 0.160. The van der Waals surface area contributed by atoms with E-state index in [-0.39, 0.29) is 24.2 Å². The predicted molar refractivity (Wildman–Crippen MR) is 59.8 cm³/mol. The van der Waals surface area contributed by atoms with Gasteiger partial charge in [-0.1, -0.05) is 30.3 Å². The van der Waals surface area contributed by atoms with Crippen LogP contribution >= 0.6 is 0 Å². The van der Waals surface area contributed by atoms with Crippen LogP contribution in [0.15, 0.2) is 30.3 Å². The number of amides is 1. The molecule has 0 bridgehead atoms. The number of epoxide rings is 1. The molecule has 2 aliphatic rings. The van der Waals surface area contributed by atoms with Crippen LogP contribution in [0.1, 0.15) is 24.9 Å². The Kier molecular flexibility index (Phi) is 2.21. The lowest BCUT2D eigenvalue weighted by atomic mass is 10.0. The highest BCUT2D eigenvalue weighted by Gasteiger charge is 2.51. The van der Waals surface area contributed by atoms with Crippen molar-refractivity contribution in [2.24, 2.45) is 0 Å². The highest BCUT2D eigenvalue weighted by molar-refractivity contribution is 5.85. The zero-order valence-electron chi connectivity index (χ0n) is 9.30. The van der Waals surface area contributed by atoms with Crippen molar-refractivity contribution in [3.05, 3.63) is 35.9 Å². The number of nitrogens with zero attached hydrogens (tertiary/aromatic N) is 1. The molecule has 1 amide bonds. The molecule has 3 nitrogen and oxygen atoms in total. The Morgan fingerprint density at radius 2 is 2.12 bits per heavy atom. The largest absolute Gasteiger partial charge is 0.359 e. The van der Waals surface area contributed by atoms with Gasteiger partial charge in [-0.25, -0.2) is 0 Å². The quantitative estimate of drug-likeness (QED) is 0.707. The minimum atomic E-state index is -0.139. The normalized spacial score (nSPS) is 29.8. The molecule has 2 unspecified atom stereocenters. The van der Waals surface area contributed by atoms with E-state index in [0.29, 0.717) is 0 Å². The van der Waals surface area contributed by atoms with E-state index in [4.69, 9.17) is 4.74 Å². The van der Waals surface area contributed by atoms with Gasteiger partial charge in [0.2, 0.25) is 0 Å². The molecular weight excluding hydrogens is 202 g/mol. The summed E-state index contributed by atoms with van der Waals surface area (Å²) in [7, 11) is 0. The van der Waals surface area contributed by atoms with Crippen LogP contribution in [0, 0.1) is 0 Å². The van der Waals surface area contributed by atoms with Gasteiger partial charge in [0.05, 0.1) is 12.1 Å². The highest BCUT2D eigenvalue weighted by atomic mass is 16.6. The third kappa shape index (κ3) is 1.52. The van der Waals surface area contributed by atoms with Gasteiger partial charge in [0, 0.05) is 6.54 Å². The smallest absolute Gasteiger partial charge is 0.254 e. The molecule has 0 spiro atoms. The Morgan fingerprint density at radius 1 is 1.38 bits per heavy atom. The lowest BCUT2D eigenvalue weighted by molar-refractivity contribution is -0.135. The fourth-order valence-electron chi connectivity index (χ4n) is 2.42. The first-order valence-electron chi connectivity index (χ1n) is 5.78. The van der Waals surface area contributed by atoms with Gasteiger partial charge < -0.3 is 9.64 Å². The molecule has 0 saturated carbocycles. The Labute approximate surface area is 95.0 Å². The van der Waals surface area contributed by atoms with Crippen molar-refractivity contribution in [1.29, 1.82) is 0 Å². The molecule has 3 heteroatoms. The first-order chi connectivity index (χ1) is 7.77. The molecule has 3 atom stereocenters. The molecule has 2 heterocycles.